The van der Waals surface area contributed by atoms with Gasteiger partial charge in [0.2, 0.25) is 17.7 Å². The summed E-state index contributed by atoms with van der Waals surface area (Å²) in [5.74, 6) is -2.18. The molecule has 3 unspecified atom stereocenters. The van der Waals surface area contributed by atoms with Gasteiger partial charge in [-0.2, -0.15) is 0 Å². The molecule has 3 fully saturated rings. The smallest absolute Gasteiger partial charge is 0.328 e. The molecule has 33 heavy (non-hydrogen) atoms. The van der Waals surface area contributed by atoms with Crippen LogP contribution in [0.4, 0.5) is 14.9 Å². The summed E-state index contributed by atoms with van der Waals surface area (Å²) in [6.07, 6.45) is 0.241. The maximum atomic E-state index is 13.9. The number of urea groups is 1. The highest BCUT2D eigenvalue weighted by Crippen LogP contribution is 2.31. The summed E-state index contributed by atoms with van der Waals surface area (Å²) in [7, 11) is 1.61. The molecule has 3 atom stereocenters. The van der Waals surface area contributed by atoms with Crippen molar-refractivity contribution < 1.29 is 23.6 Å². The zero-order chi connectivity index (χ0) is 23.7. The highest BCUT2D eigenvalue weighted by atomic mass is 19.1. The molecule has 0 aliphatic carbocycles. The quantitative estimate of drug-likeness (QED) is 0.662. The number of hydrogen-bond acceptors (Lipinski definition) is 6. The lowest BCUT2D eigenvalue weighted by Crippen LogP contribution is -2.72. The van der Waals surface area contributed by atoms with Crippen molar-refractivity contribution in [2.45, 2.75) is 25.6 Å². The molecule has 3 aliphatic rings. The summed E-state index contributed by atoms with van der Waals surface area (Å²) < 4.78 is 13.9. The van der Waals surface area contributed by atoms with E-state index in [1.165, 1.54) is 23.1 Å². The fourth-order valence-corrected chi connectivity index (χ4v) is 4.98. The van der Waals surface area contributed by atoms with Crippen LogP contribution in [0.5, 0.6) is 0 Å². The minimum atomic E-state index is -0.649. The van der Waals surface area contributed by atoms with Crippen molar-refractivity contribution in [2.75, 3.05) is 51.6 Å². The lowest BCUT2D eigenvalue weighted by Gasteiger charge is -2.52. The highest BCUT2D eigenvalue weighted by molar-refractivity contribution is 6.04. The second-order valence-corrected chi connectivity index (χ2v) is 8.67. The number of carbonyl (C=O) groups excluding carboxylic acids is 4. The van der Waals surface area contributed by atoms with Crippen LogP contribution in [-0.2, 0) is 14.4 Å². The molecule has 0 saturated carbocycles. The van der Waals surface area contributed by atoms with Crippen LogP contribution in [0.3, 0.4) is 0 Å². The van der Waals surface area contributed by atoms with Gasteiger partial charge in [-0.3, -0.25) is 29.5 Å². The number of nitrogens with one attached hydrogen (secondary N) is 2. The Labute approximate surface area is 191 Å². The average molecular weight is 461 g/mol. The first kappa shape index (κ1) is 23.1. The first-order chi connectivity index (χ1) is 15.8. The molecule has 5 amide bonds. The Hall–Kier alpha value is -3.05. The van der Waals surface area contributed by atoms with Crippen LogP contribution in [-0.4, -0.2) is 102 Å². The summed E-state index contributed by atoms with van der Waals surface area (Å²) in [4.78, 5) is 57.0. The number of para-hydroxylation sites is 1. The molecule has 3 saturated heterocycles. The number of nitrogens with zero attached hydrogens (tertiary/aromatic N) is 4. The van der Waals surface area contributed by atoms with Gasteiger partial charge in [0.15, 0.2) is 0 Å². The van der Waals surface area contributed by atoms with Crippen LogP contribution in [0.25, 0.3) is 0 Å². The van der Waals surface area contributed by atoms with Crippen molar-refractivity contribution in [3.63, 3.8) is 0 Å². The predicted octanol–water partition coefficient (Wildman–Crippen LogP) is 0.127. The number of rotatable bonds is 4. The van der Waals surface area contributed by atoms with Crippen LogP contribution >= 0.6 is 0 Å². The second kappa shape index (κ2) is 9.44. The molecule has 178 valence electrons. The van der Waals surface area contributed by atoms with E-state index in [1.54, 1.807) is 24.9 Å². The van der Waals surface area contributed by atoms with Gasteiger partial charge >= 0.3 is 6.03 Å². The number of piperazine rings is 1. The summed E-state index contributed by atoms with van der Waals surface area (Å²) in [5, 5.41) is 5.70. The van der Waals surface area contributed by atoms with Gasteiger partial charge in [-0.05, 0) is 25.1 Å². The van der Waals surface area contributed by atoms with Gasteiger partial charge in [-0.25, -0.2) is 9.18 Å². The molecule has 1 aromatic carbocycles. The average Bonchev–Trinajstić information content (AvgIpc) is 2.81. The molecule has 0 aromatic heterocycles. The Kier molecular flexibility index (Phi) is 6.61. The normalized spacial score (nSPS) is 26.3. The van der Waals surface area contributed by atoms with E-state index in [4.69, 9.17) is 0 Å². The van der Waals surface area contributed by atoms with Crippen molar-refractivity contribution in [2.24, 2.45) is 5.92 Å². The van der Waals surface area contributed by atoms with Gasteiger partial charge in [0.1, 0.15) is 12.4 Å². The summed E-state index contributed by atoms with van der Waals surface area (Å²) in [5.41, 5.74) is -0.00816. The maximum absolute atomic E-state index is 13.9. The van der Waals surface area contributed by atoms with Crippen LogP contribution in [0.2, 0.25) is 0 Å². The van der Waals surface area contributed by atoms with E-state index < -0.39 is 42.3 Å². The van der Waals surface area contributed by atoms with Crippen LogP contribution in [0.1, 0.15) is 13.3 Å². The minimum absolute atomic E-state index is 0.00816. The molecule has 11 heteroatoms. The fraction of sp³-hybridized carbons (Fsp3) is 0.545. The molecule has 2 N–H and O–H groups in total. The van der Waals surface area contributed by atoms with Crippen LogP contribution in [0.15, 0.2) is 24.3 Å². The van der Waals surface area contributed by atoms with Crippen LogP contribution in [0, 0.1) is 11.7 Å². The zero-order valence-corrected chi connectivity index (χ0v) is 18.8. The molecule has 0 bridgehead atoms. The highest BCUT2D eigenvalue weighted by Gasteiger charge is 2.51. The Morgan fingerprint density at radius 3 is 2.52 bits per heavy atom. The molecular weight excluding hydrogens is 431 g/mol. The van der Waals surface area contributed by atoms with E-state index in [9.17, 15) is 23.6 Å². The van der Waals surface area contributed by atoms with Gasteiger partial charge < -0.3 is 15.1 Å². The molecule has 1 aromatic rings. The number of anilines is 1. The standard InChI is InChI=1S/C22H29FN6O4/c1-14(30)27-9-11-28(12-10-27)17-7-8-24-20-19(17)21(32)29(22(33)26(20)2)13-18(31)25-16-6-4-3-5-15(16)23/h3-6,17,19-20,24H,7-13H2,1-2H3,(H,25,31). The fourth-order valence-electron chi connectivity index (χ4n) is 4.98. The molecular formula is C22H29FN6O4. The largest absolute Gasteiger partial charge is 0.340 e. The van der Waals surface area contributed by atoms with Crippen LogP contribution < -0.4 is 10.6 Å². The number of benzene rings is 1. The molecule has 4 rings (SSSR count). The number of amides is 5. The third kappa shape index (κ3) is 4.55. The summed E-state index contributed by atoms with van der Waals surface area (Å²) >= 11 is 0. The van der Waals surface area contributed by atoms with Crippen molar-refractivity contribution in [3.8, 4) is 0 Å². The molecule has 3 heterocycles. The Morgan fingerprint density at radius 2 is 1.85 bits per heavy atom. The molecule has 10 nitrogen and oxygen atoms in total. The van der Waals surface area contributed by atoms with E-state index in [2.05, 4.69) is 15.5 Å². The first-order valence-corrected chi connectivity index (χ1v) is 11.1. The Bertz CT molecular complexity index is 951. The van der Waals surface area contributed by atoms with E-state index in [1.807, 2.05) is 0 Å². The lowest BCUT2D eigenvalue weighted by atomic mass is 9.85. The lowest BCUT2D eigenvalue weighted by molar-refractivity contribution is -0.148. The number of imide groups is 1. The third-order valence-corrected chi connectivity index (χ3v) is 6.73. The molecule has 0 spiro atoms. The molecule has 3 aliphatic heterocycles. The number of carbonyl (C=O) groups is 4. The van der Waals surface area contributed by atoms with Crippen molar-refractivity contribution >= 4 is 29.4 Å². The summed E-state index contributed by atoms with van der Waals surface area (Å²) in [6.45, 7) is 4.18. The Balaban J connectivity index is 1.49. The van der Waals surface area contributed by atoms with Gasteiger partial charge in [-0.1, -0.05) is 12.1 Å². The zero-order valence-electron chi connectivity index (χ0n) is 18.8. The summed E-state index contributed by atoms with van der Waals surface area (Å²) in [6, 6.07) is 5.03. The Morgan fingerprint density at radius 1 is 1.15 bits per heavy atom. The topological polar surface area (TPSA) is 105 Å². The van der Waals surface area contributed by atoms with E-state index in [-0.39, 0.29) is 17.6 Å². The van der Waals surface area contributed by atoms with E-state index in [0.29, 0.717) is 39.1 Å². The van der Waals surface area contributed by atoms with Crippen molar-refractivity contribution in [1.29, 1.82) is 0 Å². The van der Waals surface area contributed by atoms with Crippen molar-refractivity contribution in [1.82, 2.24) is 24.9 Å². The number of halogens is 1. The number of piperidine rings is 1. The van der Waals surface area contributed by atoms with Gasteiger partial charge in [0.05, 0.1) is 17.8 Å². The third-order valence-electron chi connectivity index (χ3n) is 6.73. The van der Waals surface area contributed by atoms with E-state index >= 15 is 0 Å². The monoisotopic (exact) mass is 460 g/mol. The van der Waals surface area contributed by atoms with Gasteiger partial charge in [-0.15, -0.1) is 0 Å². The first-order valence-electron chi connectivity index (χ1n) is 11.1. The number of hydrogen-bond donors (Lipinski definition) is 2. The SMILES string of the molecule is CC(=O)N1CCN(C2CCNC3C2C(=O)N(CC(=O)Nc2ccccc2F)C(=O)N3C)CC1. The van der Waals surface area contributed by atoms with Gasteiger partial charge in [0.25, 0.3) is 0 Å². The molecule has 0 radical (unpaired) electrons. The second-order valence-electron chi connectivity index (χ2n) is 8.67. The maximum Gasteiger partial charge on any atom is 0.328 e. The minimum Gasteiger partial charge on any atom is -0.340 e. The number of fused-ring (bicyclic) bond motifs is 1. The van der Waals surface area contributed by atoms with E-state index in [0.717, 1.165) is 4.90 Å². The van der Waals surface area contributed by atoms with Crippen molar-refractivity contribution in [3.05, 3.63) is 30.1 Å². The predicted molar refractivity (Wildman–Crippen MR) is 117 cm³/mol. The van der Waals surface area contributed by atoms with Gasteiger partial charge in [0, 0.05) is 46.2 Å².